The fraction of sp³-hybridized carbons (Fsp3) is 0.356. The molecule has 0 saturated carbocycles. The molecule has 4 unspecified atom stereocenters. The topological polar surface area (TPSA) is 324 Å². The van der Waals surface area contributed by atoms with E-state index in [1.54, 1.807) is 54.6 Å². The molecule has 0 bridgehead atoms. The number of rotatable bonds is 25. The summed E-state index contributed by atoms with van der Waals surface area (Å²) in [5, 5.41) is 37.5. The Morgan fingerprint density at radius 3 is 1.84 bits per heavy atom. The molecule has 0 aliphatic heterocycles. The lowest BCUT2D eigenvalue weighted by Gasteiger charge is -2.20. The molecule has 0 aliphatic carbocycles. The van der Waals surface area contributed by atoms with E-state index in [4.69, 9.17) is 16.6 Å². The summed E-state index contributed by atoms with van der Waals surface area (Å²) in [7, 11) is 0. The van der Waals surface area contributed by atoms with Crippen LogP contribution in [-0.4, -0.2) is 102 Å². The van der Waals surface area contributed by atoms with Crippen LogP contribution in [0.25, 0.3) is 11.1 Å². The number of amides is 4. The molecular formula is C45H52F2N8O12S. The highest BCUT2D eigenvalue weighted by molar-refractivity contribution is 7.80. The quantitative estimate of drug-likeness (QED) is 0.0407. The van der Waals surface area contributed by atoms with Gasteiger partial charge in [0.25, 0.3) is 5.56 Å². The molecule has 4 amide bonds. The van der Waals surface area contributed by atoms with Gasteiger partial charge in [-0.3, -0.25) is 33.1 Å². The van der Waals surface area contributed by atoms with Gasteiger partial charge in [-0.1, -0.05) is 60.7 Å². The number of carbonyl (C=O) groups is 7. The Morgan fingerprint density at radius 1 is 0.706 bits per heavy atom. The predicted molar refractivity (Wildman–Crippen MR) is 244 cm³/mol. The summed E-state index contributed by atoms with van der Waals surface area (Å²) in [4.78, 5) is 113. The zero-order valence-electron chi connectivity index (χ0n) is 36.7. The van der Waals surface area contributed by atoms with Gasteiger partial charge in [-0.05, 0) is 55.0 Å². The first-order chi connectivity index (χ1) is 32.2. The van der Waals surface area contributed by atoms with Crippen molar-refractivity contribution in [1.29, 1.82) is 0 Å². The summed E-state index contributed by atoms with van der Waals surface area (Å²) >= 11 is 3.82. The molecule has 20 nitrogen and oxygen atoms in total. The third-order valence-electron chi connectivity index (χ3n) is 10.8. The number of hydrogen-bond acceptors (Lipinski definition) is 12. The summed E-state index contributed by atoms with van der Waals surface area (Å²) in [6.45, 7) is 0.208. The normalized spacial score (nSPS) is 13.3. The van der Waals surface area contributed by atoms with Crippen LogP contribution in [-0.2, 0) is 53.1 Å². The number of nitrogens with two attached hydrogens (primary N) is 2. The third kappa shape index (κ3) is 14.9. The smallest absolute Gasteiger partial charge is 0.331 e. The Morgan fingerprint density at radius 2 is 1.26 bits per heavy atom. The molecule has 11 N–H and O–H groups in total. The first kappa shape index (κ1) is 53.4. The molecule has 0 fully saturated rings. The Hall–Kier alpha value is -7.24. The van der Waals surface area contributed by atoms with Gasteiger partial charge in [-0.2, -0.15) is 12.6 Å². The zero-order chi connectivity index (χ0) is 50.2. The lowest BCUT2D eigenvalue weighted by molar-refractivity contribution is -0.143. The number of benzene rings is 3. The van der Waals surface area contributed by atoms with Crippen LogP contribution in [0.2, 0.25) is 0 Å². The molecule has 1 heterocycles. The van der Waals surface area contributed by atoms with Gasteiger partial charge < -0.3 is 48.1 Å². The van der Waals surface area contributed by atoms with Crippen molar-refractivity contribution in [3.8, 4) is 11.1 Å². The van der Waals surface area contributed by atoms with E-state index in [0.717, 1.165) is 21.3 Å². The lowest BCUT2D eigenvalue weighted by atomic mass is 10.00. The van der Waals surface area contributed by atoms with Crippen molar-refractivity contribution in [3.05, 3.63) is 128 Å². The number of aromatic nitrogens is 2. The molecule has 0 radical (unpaired) electrons. The van der Waals surface area contributed by atoms with E-state index in [1.807, 2.05) is 0 Å². The van der Waals surface area contributed by atoms with Gasteiger partial charge in [-0.25, -0.2) is 28.0 Å². The van der Waals surface area contributed by atoms with Crippen LogP contribution >= 0.6 is 12.6 Å². The summed E-state index contributed by atoms with van der Waals surface area (Å²) in [6.07, 6.45) is -2.09. The Balaban J connectivity index is 1.40. The summed E-state index contributed by atoms with van der Waals surface area (Å²) in [6, 6.07) is 11.7. The standard InChI is InChI=1S/C45H52F2N8O12S/c1-24-39(41(60)55(22-32(49)26-8-3-2-4-9-26)45(67)54(24)21-28-29(46)11-6-12-30(28)47)27-10-5-7-25(19-27)13-16-37(57)51-34(43(63)64)15-18-38(58)52-33(42(61)62)14-17-36(56)50-20-31(48)40(59)53-35(23-68)44(65)66/h2-12,19,31-35,68H,13-18,20-23,48-49H2,1H3,(H,50,56)(H,51,57)(H,52,58)(H,53,59)(H,61,62)(H,63,64)(H,65,66)/t31?,32-,33?,34?,35?/m0/s1. The predicted octanol–water partition coefficient (Wildman–Crippen LogP) is 0.586. The molecule has 5 atom stereocenters. The molecule has 23 heteroatoms. The van der Waals surface area contributed by atoms with E-state index in [0.29, 0.717) is 16.7 Å². The molecule has 0 aliphatic rings. The number of hydrogen-bond donors (Lipinski definition) is 10. The van der Waals surface area contributed by atoms with Gasteiger partial charge >= 0.3 is 23.6 Å². The average Bonchev–Trinajstić information content (AvgIpc) is 3.30. The van der Waals surface area contributed by atoms with Crippen molar-refractivity contribution >= 4 is 54.2 Å². The van der Waals surface area contributed by atoms with Gasteiger partial charge in [-0.15, -0.1) is 0 Å². The minimum atomic E-state index is -1.58. The highest BCUT2D eigenvalue weighted by Gasteiger charge is 2.27. The average molecular weight is 967 g/mol. The molecule has 364 valence electrons. The Kier molecular flexibility index (Phi) is 19.7. The van der Waals surface area contributed by atoms with Gasteiger partial charge in [0.05, 0.1) is 18.7 Å². The Labute approximate surface area is 392 Å². The number of nitrogens with one attached hydrogen (secondary N) is 4. The highest BCUT2D eigenvalue weighted by atomic mass is 32.1. The second-order valence-corrected chi connectivity index (χ2v) is 16.0. The molecule has 68 heavy (non-hydrogen) atoms. The van der Waals surface area contributed by atoms with E-state index >= 15 is 0 Å². The van der Waals surface area contributed by atoms with Crippen LogP contribution in [0.15, 0.2) is 82.4 Å². The number of aryl methyl sites for hydroxylation is 1. The van der Waals surface area contributed by atoms with Gasteiger partial charge in [0.2, 0.25) is 23.6 Å². The monoisotopic (exact) mass is 966 g/mol. The second-order valence-electron chi connectivity index (χ2n) is 15.6. The van der Waals surface area contributed by atoms with Crippen molar-refractivity contribution in [1.82, 2.24) is 30.4 Å². The fourth-order valence-electron chi connectivity index (χ4n) is 6.93. The number of aliphatic carboxylic acids is 3. The van der Waals surface area contributed by atoms with Gasteiger partial charge in [0.1, 0.15) is 35.8 Å². The van der Waals surface area contributed by atoms with Crippen molar-refractivity contribution < 1.29 is 57.7 Å². The Bertz CT molecular complexity index is 2610. The number of halogens is 2. The van der Waals surface area contributed by atoms with Crippen molar-refractivity contribution in [2.75, 3.05) is 12.3 Å². The van der Waals surface area contributed by atoms with E-state index < -0.39 is 139 Å². The molecule has 0 spiro atoms. The van der Waals surface area contributed by atoms with Crippen LogP contribution in [0.1, 0.15) is 60.5 Å². The SMILES string of the molecule is Cc1c(-c2cccc(CCC(=O)NC(CCC(=O)NC(CCC(=O)NCC(N)C(=O)NC(CS)C(=O)O)C(=O)O)C(=O)O)c2)c(=O)n(C[C@H](N)c2ccccc2)c(=O)n1Cc1c(F)cccc1F. The van der Waals surface area contributed by atoms with Crippen molar-refractivity contribution in [2.45, 2.75) is 88.7 Å². The molecule has 0 saturated heterocycles. The number of carbonyl (C=O) groups excluding carboxylic acids is 4. The first-order valence-corrected chi connectivity index (χ1v) is 21.7. The summed E-state index contributed by atoms with van der Waals surface area (Å²) < 4.78 is 31.7. The summed E-state index contributed by atoms with van der Waals surface area (Å²) in [5.41, 5.74) is 11.7. The molecule has 3 aromatic carbocycles. The maximum atomic E-state index is 14.9. The molecule has 4 rings (SSSR count). The highest BCUT2D eigenvalue weighted by Crippen LogP contribution is 2.23. The minimum Gasteiger partial charge on any atom is -0.480 e. The largest absolute Gasteiger partial charge is 0.480 e. The van der Waals surface area contributed by atoms with Crippen molar-refractivity contribution in [2.24, 2.45) is 11.5 Å². The van der Waals surface area contributed by atoms with Crippen LogP contribution in [0.3, 0.4) is 0 Å². The van der Waals surface area contributed by atoms with E-state index in [1.165, 1.54) is 13.0 Å². The van der Waals surface area contributed by atoms with Crippen LogP contribution in [0.4, 0.5) is 8.78 Å². The lowest BCUT2D eigenvalue weighted by Crippen LogP contribution is -2.53. The molecule has 4 aromatic rings. The first-order valence-electron chi connectivity index (χ1n) is 21.1. The van der Waals surface area contributed by atoms with Crippen molar-refractivity contribution in [3.63, 3.8) is 0 Å². The number of thiol groups is 1. The minimum absolute atomic E-state index is 0.0208. The van der Waals surface area contributed by atoms with Gasteiger partial charge in [0, 0.05) is 48.9 Å². The second kappa shape index (κ2) is 25.0. The van der Waals surface area contributed by atoms with E-state index in [2.05, 4.69) is 33.9 Å². The molecular weight excluding hydrogens is 915 g/mol. The third-order valence-corrected chi connectivity index (χ3v) is 11.1. The van der Waals surface area contributed by atoms with Crippen LogP contribution in [0.5, 0.6) is 0 Å². The van der Waals surface area contributed by atoms with Crippen LogP contribution in [0, 0.1) is 18.6 Å². The maximum absolute atomic E-state index is 14.9. The van der Waals surface area contributed by atoms with Crippen LogP contribution < -0.4 is 44.0 Å². The van der Waals surface area contributed by atoms with E-state index in [-0.39, 0.29) is 36.4 Å². The van der Waals surface area contributed by atoms with Gasteiger partial charge in [0.15, 0.2) is 0 Å². The number of nitrogens with zero attached hydrogens (tertiary/aromatic N) is 2. The van der Waals surface area contributed by atoms with E-state index in [9.17, 15) is 62.1 Å². The number of carboxylic acids is 3. The zero-order valence-corrected chi connectivity index (χ0v) is 37.5. The number of carboxylic acid groups (broad SMARTS) is 3. The fourth-order valence-corrected chi connectivity index (χ4v) is 7.18. The molecule has 1 aromatic heterocycles. The summed E-state index contributed by atoms with van der Waals surface area (Å²) in [5.74, 6) is -9.60. The maximum Gasteiger partial charge on any atom is 0.331 e.